The monoisotopic (exact) mass is 429 g/mol. The molecule has 152 valence electrons. The van der Waals surface area contributed by atoms with Crippen LogP contribution in [-0.4, -0.2) is 23.2 Å². The minimum Gasteiger partial charge on any atom is -0.457 e. The lowest BCUT2D eigenvalue weighted by atomic mass is 10.1. The van der Waals surface area contributed by atoms with Crippen molar-refractivity contribution in [3.8, 4) is 11.5 Å². The second-order valence-corrected chi connectivity index (χ2v) is 9.72. The second kappa shape index (κ2) is 8.90. The Labute approximate surface area is 174 Å². The molecule has 1 atom stereocenters. The first kappa shape index (κ1) is 21.2. The maximum absolute atomic E-state index is 10.1. The maximum Gasteiger partial charge on any atom is 0.267 e. The summed E-state index contributed by atoms with van der Waals surface area (Å²) in [5.41, 5.74) is 1.06. The Balaban J connectivity index is 0.000000258. The van der Waals surface area contributed by atoms with Crippen LogP contribution in [0.25, 0.3) is 21.0 Å². The predicted octanol–water partition coefficient (Wildman–Crippen LogP) is 6.22. The third kappa shape index (κ3) is 5.12. The van der Waals surface area contributed by atoms with E-state index in [9.17, 15) is 8.42 Å². The van der Waals surface area contributed by atoms with Gasteiger partial charge in [-0.3, -0.25) is 4.55 Å². The van der Waals surface area contributed by atoms with Gasteiger partial charge in [0.25, 0.3) is 10.1 Å². The molecule has 4 rings (SSSR count). The molecule has 7 heteroatoms. The van der Waals surface area contributed by atoms with Gasteiger partial charge in [-0.2, -0.15) is 8.42 Å². The van der Waals surface area contributed by atoms with Gasteiger partial charge < -0.3 is 4.74 Å². The van der Waals surface area contributed by atoms with Crippen molar-refractivity contribution in [2.24, 2.45) is 0 Å². The lowest BCUT2D eigenvalue weighted by Gasteiger charge is -2.09. The van der Waals surface area contributed by atoms with Crippen molar-refractivity contribution in [3.63, 3.8) is 0 Å². The number of aromatic nitrogens is 1. The Morgan fingerprint density at radius 3 is 2.28 bits per heavy atom. The molecule has 5 nitrogen and oxygen atoms in total. The molecule has 4 aromatic rings. The van der Waals surface area contributed by atoms with Crippen LogP contribution in [0.15, 0.2) is 60.7 Å². The topological polar surface area (TPSA) is 76.5 Å². The lowest BCUT2D eigenvalue weighted by molar-refractivity contribution is 0.468. The molecule has 0 radical (unpaired) electrons. The van der Waals surface area contributed by atoms with E-state index in [1.54, 1.807) is 18.3 Å². The molecule has 1 heterocycles. The molecule has 0 saturated carbocycles. The van der Waals surface area contributed by atoms with Crippen LogP contribution in [0.2, 0.25) is 0 Å². The third-order valence-electron chi connectivity index (χ3n) is 4.52. The molecule has 29 heavy (non-hydrogen) atoms. The summed E-state index contributed by atoms with van der Waals surface area (Å²) >= 11 is 1.70. The number of hydrogen-bond acceptors (Lipinski definition) is 5. The SMILES string of the molecule is CCC(C)S(=O)(=O)O.Cc1nc2c(cc(Oc3ccccc3)c3ccccc32)s1. The molecule has 0 aliphatic rings. The van der Waals surface area contributed by atoms with Crippen LogP contribution < -0.4 is 4.74 Å². The number of para-hydroxylation sites is 1. The molecule has 0 aliphatic heterocycles. The predicted molar refractivity (Wildman–Crippen MR) is 120 cm³/mol. The summed E-state index contributed by atoms with van der Waals surface area (Å²) in [5, 5.41) is 2.69. The smallest absolute Gasteiger partial charge is 0.267 e. The third-order valence-corrected chi connectivity index (χ3v) is 6.79. The summed E-state index contributed by atoms with van der Waals surface area (Å²) in [6.45, 7) is 5.21. The molecule has 1 unspecified atom stereocenters. The fourth-order valence-corrected chi connectivity index (χ4v) is 4.04. The van der Waals surface area contributed by atoms with Crippen molar-refractivity contribution in [2.75, 3.05) is 0 Å². The zero-order chi connectivity index (χ0) is 21.0. The van der Waals surface area contributed by atoms with Gasteiger partial charge in [0.2, 0.25) is 0 Å². The van der Waals surface area contributed by atoms with Crippen LogP contribution in [0, 0.1) is 6.92 Å². The molecule has 0 bridgehead atoms. The average Bonchev–Trinajstić information content (AvgIpc) is 3.08. The minimum atomic E-state index is -3.75. The molecule has 0 aliphatic carbocycles. The van der Waals surface area contributed by atoms with Gasteiger partial charge in [0.15, 0.2) is 0 Å². The standard InChI is InChI=1S/C18H13NOS.C4H10O3S/c1-12-19-18-15-10-6-5-9-14(15)16(11-17(18)21-12)20-13-7-3-2-4-8-13;1-3-4(2)8(5,6)7/h2-11H,1H3;4H,3H2,1-2H3,(H,5,6,7). The summed E-state index contributed by atoms with van der Waals surface area (Å²) in [7, 11) is -3.75. The van der Waals surface area contributed by atoms with Gasteiger partial charge in [0.05, 0.1) is 20.5 Å². The Bertz CT molecular complexity index is 1220. The van der Waals surface area contributed by atoms with Crippen LogP contribution in [0.3, 0.4) is 0 Å². The molecular weight excluding hydrogens is 406 g/mol. The molecule has 0 amide bonds. The molecular formula is C22H23NO4S2. The highest BCUT2D eigenvalue weighted by Gasteiger charge is 2.13. The molecule has 1 aromatic heterocycles. The van der Waals surface area contributed by atoms with Crippen LogP contribution >= 0.6 is 11.3 Å². The largest absolute Gasteiger partial charge is 0.457 e. The van der Waals surface area contributed by atoms with Crippen LogP contribution in [0.5, 0.6) is 11.5 Å². The maximum atomic E-state index is 10.1. The number of nitrogens with zero attached hydrogens (tertiary/aromatic N) is 1. The van der Waals surface area contributed by atoms with Crippen molar-refractivity contribution in [1.82, 2.24) is 4.98 Å². The zero-order valence-corrected chi connectivity index (χ0v) is 18.1. The van der Waals surface area contributed by atoms with Crippen LogP contribution in [0.1, 0.15) is 25.3 Å². The number of hydrogen-bond donors (Lipinski definition) is 1. The summed E-state index contributed by atoms with van der Waals surface area (Å²) in [5.74, 6) is 1.73. The van der Waals surface area contributed by atoms with Gasteiger partial charge in [-0.05, 0) is 32.4 Å². The van der Waals surface area contributed by atoms with Crippen molar-refractivity contribution < 1.29 is 17.7 Å². The van der Waals surface area contributed by atoms with Gasteiger partial charge in [-0.1, -0.05) is 49.4 Å². The van der Waals surface area contributed by atoms with E-state index < -0.39 is 15.4 Å². The highest BCUT2D eigenvalue weighted by atomic mass is 32.2. The van der Waals surface area contributed by atoms with E-state index in [2.05, 4.69) is 23.2 Å². The van der Waals surface area contributed by atoms with Gasteiger partial charge >= 0.3 is 0 Å². The molecule has 0 fully saturated rings. The summed E-state index contributed by atoms with van der Waals surface area (Å²) in [4.78, 5) is 4.65. The first-order valence-corrected chi connectivity index (χ1v) is 11.6. The van der Waals surface area contributed by atoms with E-state index in [-0.39, 0.29) is 0 Å². The molecule has 3 aromatic carbocycles. The number of aryl methyl sites for hydroxylation is 1. The summed E-state index contributed by atoms with van der Waals surface area (Å²) in [6.07, 6.45) is 0.457. The van der Waals surface area contributed by atoms with E-state index in [0.717, 1.165) is 37.5 Å². The van der Waals surface area contributed by atoms with Crippen LogP contribution in [-0.2, 0) is 10.1 Å². The highest BCUT2D eigenvalue weighted by molar-refractivity contribution is 7.86. The normalized spacial score (nSPS) is 12.4. The first-order valence-electron chi connectivity index (χ1n) is 9.27. The van der Waals surface area contributed by atoms with E-state index in [1.807, 2.05) is 49.4 Å². The number of benzene rings is 3. The Hall–Kier alpha value is -2.48. The van der Waals surface area contributed by atoms with Crippen LogP contribution in [0.4, 0.5) is 0 Å². The first-order chi connectivity index (χ1) is 13.8. The average molecular weight is 430 g/mol. The molecule has 0 saturated heterocycles. The summed E-state index contributed by atoms with van der Waals surface area (Å²) < 4.78 is 35.7. The Morgan fingerprint density at radius 1 is 1.07 bits per heavy atom. The number of thiazole rings is 1. The van der Waals surface area contributed by atoms with Crippen molar-refractivity contribution >= 4 is 42.4 Å². The van der Waals surface area contributed by atoms with Crippen molar-refractivity contribution in [3.05, 3.63) is 65.7 Å². The fourth-order valence-electron chi connectivity index (χ4n) is 2.75. The van der Waals surface area contributed by atoms with Gasteiger partial charge in [-0.25, -0.2) is 4.98 Å². The fraction of sp³-hybridized carbons (Fsp3) is 0.227. The number of rotatable bonds is 4. The van der Waals surface area contributed by atoms with E-state index in [0.29, 0.717) is 6.42 Å². The number of ether oxygens (including phenoxy) is 1. The molecule has 1 N–H and O–H groups in total. The lowest BCUT2D eigenvalue weighted by Crippen LogP contribution is -2.14. The van der Waals surface area contributed by atoms with E-state index >= 15 is 0 Å². The Morgan fingerprint density at radius 2 is 1.69 bits per heavy atom. The second-order valence-electron chi connectivity index (χ2n) is 6.65. The number of fused-ring (bicyclic) bond motifs is 3. The highest BCUT2D eigenvalue weighted by Crippen LogP contribution is 2.37. The Kier molecular flexibility index (Phi) is 6.52. The van der Waals surface area contributed by atoms with E-state index in [1.165, 1.54) is 6.92 Å². The quantitative estimate of drug-likeness (QED) is 0.390. The summed E-state index contributed by atoms with van der Waals surface area (Å²) in [6, 6.07) is 20.2. The zero-order valence-electron chi connectivity index (χ0n) is 16.5. The van der Waals surface area contributed by atoms with Crippen molar-refractivity contribution in [2.45, 2.75) is 32.4 Å². The molecule has 0 spiro atoms. The van der Waals surface area contributed by atoms with E-state index in [4.69, 9.17) is 9.29 Å². The van der Waals surface area contributed by atoms with Gasteiger partial charge in [0, 0.05) is 16.8 Å². The van der Waals surface area contributed by atoms with Gasteiger partial charge in [0.1, 0.15) is 11.5 Å². The van der Waals surface area contributed by atoms with Crippen molar-refractivity contribution in [1.29, 1.82) is 0 Å². The minimum absolute atomic E-state index is 0.457. The van der Waals surface area contributed by atoms with Gasteiger partial charge in [-0.15, -0.1) is 11.3 Å².